The Kier molecular flexibility index (Phi) is 7.00. The lowest BCUT2D eigenvalue weighted by molar-refractivity contribution is 0.329. The number of benzene rings is 2. The third-order valence-corrected chi connectivity index (χ3v) is 9.65. The Hall–Kier alpha value is -1.88. The molecule has 0 unspecified atom stereocenters. The number of aromatic nitrogens is 3. The number of piperidine rings is 1. The van der Waals surface area contributed by atoms with Crippen LogP contribution in [0.25, 0.3) is 16.9 Å². The standard InChI is InChI=1S/C23H19BrCl3N5O2S/c24-16-13-28-32-21(12-20(30-23(16)32)15-4-1-2-5-17(15)25)29-14-8-10-31(11-9-14)35(33,34)22-18(26)6-3-7-19(22)27/h1-7,12-14,29H,8-11H2. The molecule has 1 saturated heterocycles. The maximum absolute atomic E-state index is 13.2. The molecule has 0 atom stereocenters. The number of halogens is 4. The fourth-order valence-electron chi connectivity index (χ4n) is 4.15. The molecule has 7 nitrogen and oxygen atoms in total. The van der Waals surface area contributed by atoms with Crippen molar-refractivity contribution in [3.05, 3.63) is 74.3 Å². The quantitative estimate of drug-likeness (QED) is 0.282. The highest BCUT2D eigenvalue weighted by Crippen LogP contribution is 2.34. The van der Waals surface area contributed by atoms with Crippen LogP contribution in [0.3, 0.4) is 0 Å². The van der Waals surface area contributed by atoms with Crippen LogP contribution in [0.1, 0.15) is 12.8 Å². The molecule has 0 saturated carbocycles. The summed E-state index contributed by atoms with van der Waals surface area (Å²) < 4.78 is 30.3. The lowest BCUT2D eigenvalue weighted by Gasteiger charge is -2.32. The van der Waals surface area contributed by atoms with Gasteiger partial charge < -0.3 is 5.32 Å². The molecule has 4 aromatic rings. The van der Waals surface area contributed by atoms with Crippen molar-refractivity contribution in [1.82, 2.24) is 18.9 Å². The largest absolute Gasteiger partial charge is 0.367 e. The van der Waals surface area contributed by atoms with E-state index in [2.05, 4.69) is 26.3 Å². The molecule has 182 valence electrons. The van der Waals surface area contributed by atoms with Gasteiger partial charge >= 0.3 is 0 Å². The van der Waals surface area contributed by atoms with Gasteiger partial charge in [0.15, 0.2) is 5.65 Å². The van der Waals surface area contributed by atoms with E-state index >= 15 is 0 Å². The zero-order valence-corrected chi connectivity index (χ0v) is 22.8. The van der Waals surface area contributed by atoms with E-state index in [9.17, 15) is 8.42 Å². The minimum Gasteiger partial charge on any atom is -0.367 e. The molecule has 0 radical (unpaired) electrons. The minimum absolute atomic E-state index is 0.0239. The SMILES string of the molecule is O=S(=O)(c1c(Cl)cccc1Cl)N1CCC(Nc2cc(-c3ccccc3Cl)nc3c(Br)cnn23)CC1. The summed E-state index contributed by atoms with van der Waals surface area (Å²) in [7, 11) is -3.81. The number of hydrogen-bond donors (Lipinski definition) is 1. The summed E-state index contributed by atoms with van der Waals surface area (Å²) in [5.41, 5.74) is 2.17. The van der Waals surface area contributed by atoms with Crippen molar-refractivity contribution >= 4 is 72.2 Å². The molecule has 1 N–H and O–H groups in total. The third-order valence-electron chi connectivity index (χ3n) is 5.90. The Morgan fingerprint density at radius 3 is 2.31 bits per heavy atom. The highest BCUT2D eigenvalue weighted by atomic mass is 79.9. The number of sulfonamides is 1. The van der Waals surface area contributed by atoms with Crippen LogP contribution in [0.4, 0.5) is 5.82 Å². The summed E-state index contributed by atoms with van der Waals surface area (Å²) in [5.74, 6) is 0.742. The number of anilines is 1. The summed E-state index contributed by atoms with van der Waals surface area (Å²) in [5, 5.41) is 8.79. The molecule has 2 aromatic heterocycles. The van der Waals surface area contributed by atoms with Crippen LogP contribution in [0.2, 0.25) is 15.1 Å². The first-order chi connectivity index (χ1) is 16.8. The molecule has 2 aromatic carbocycles. The molecule has 0 aliphatic carbocycles. The molecular weight excluding hydrogens is 597 g/mol. The van der Waals surface area contributed by atoms with Crippen LogP contribution in [0, 0.1) is 0 Å². The maximum atomic E-state index is 13.2. The first-order valence-electron chi connectivity index (χ1n) is 10.8. The molecule has 0 bridgehead atoms. The van der Waals surface area contributed by atoms with Crippen molar-refractivity contribution in [1.29, 1.82) is 0 Å². The molecular formula is C23H19BrCl3N5O2S. The van der Waals surface area contributed by atoms with Crippen LogP contribution in [-0.4, -0.2) is 46.5 Å². The third kappa shape index (κ3) is 4.77. The van der Waals surface area contributed by atoms with E-state index in [1.165, 1.54) is 16.4 Å². The lowest BCUT2D eigenvalue weighted by atomic mass is 10.1. The predicted octanol–water partition coefficient (Wildman–Crippen LogP) is 6.38. The van der Waals surface area contributed by atoms with Crippen LogP contribution < -0.4 is 5.32 Å². The van der Waals surface area contributed by atoms with Crippen molar-refractivity contribution < 1.29 is 8.42 Å². The molecule has 0 spiro atoms. The summed E-state index contributed by atoms with van der Waals surface area (Å²) in [4.78, 5) is 4.69. The van der Waals surface area contributed by atoms with Crippen LogP contribution in [0.15, 0.2) is 64.1 Å². The van der Waals surface area contributed by atoms with Crippen molar-refractivity contribution in [2.75, 3.05) is 18.4 Å². The number of fused-ring (bicyclic) bond motifs is 1. The van der Waals surface area contributed by atoms with Crippen molar-refractivity contribution in [3.63, 3.8) is 0 Å². The normalized spacial score (nSPS) is 15.5. The summed E-state index contributed by atoms with van der Waals surface area (Å²) >= 11 is 22.3. The average molecular weight is 616 g/mol. The topological polar surface area (TPSA) is 79.6 Å². The van der Waals surface area contributed by atoms with Crippen molar-refractivity contribution in [3.8, 4) is 11.3 Å². The Morgan fingerprint density at radius 1 is 0.971 bits per heavy atom. The van der Waals surface area contributed by atoms with Gasteiger partial charge in [0, 0.05) is 35.8 Å². The molecule has 1 aliphatic rings. The van der Waals surface area contributed by atoms with Gasteiger partial charge in [-0.15, -0.1) is 0 Å². The number of rotatable bonds is 5. The van der Waals surface area contributed by atoms with Crippen LogP contribution >= 0.6 is 50.7 Å². The van der Waals surface area contributed by atoms with Gasteiger partial charge in [-0.1, -0.05) is 59.1 Å². The van der Waals surface area contributed by atoms with E-state index in [0.717, 1.165) is 15.9 Å². The number of nitrogens with zero attached hydrogens (tertiary/aromatic N) is 4. The van der Waals surface area contributed by atoms with Crippen molar-refractivity contribution in [2.24, 2.45) is 0 Å². The predicted molar refractivity (Wildman–Crippen MR) is 143 cm³/mol. The van der Waals surface area contributed by atoms with Gasteiger partial charge in [0.1, 0.15) is 10.7 Å². The Balaban J connectivity index is 1.39. The highest BCUT2D eigenvalue weighted by Gasteiger charge is 2.32. The van der Waals surface area contributed by atoms with Crippen LogP contribution in [-0.2, 0) is 10.0 Å². The van der Waals surface area contributed by atoms with E-state index in [1.807, 2.05) is 30.3 Å². The van der Waals surface area contributed by atoms with Gasteiger partial charge in [0.05, 0.1) is 26.4 Å². The highest BCUT2D eigenvalue weighted by molar-refractivity contribution is 9.10. The maximum Gasteiger partial charge on any atom is 0.246 e. The van der Waals surface area contributed by atoms with Gasteiger partial charge in [-0.05, 0) is 47.0 Å². The fraction of sp³-hybridized carbons (Fsp3) is 0.217. The molecule has 1 fully saturated rings. The number of nitrogens with one attached hydrogen (secondary N) is 1. The molecule has 1 aliphatic heterocycles. The molecule has 0 amide bonds. The second-order valence-corrected chi connectivity index (χ2v) is 12.1. The Morgan fingerprint density at radius 2 is 1.63 bits per heavy atom. The molecule has 5 rings (SSSR count). The lowest BCUT2D eigenvalue weighted by Crippen LogP contribution is -2.42. The van der Waals surface area contributed by atoms with E-state index < -0.39 is 10.0 Å². The van der Waals surface area contributed by atoms with Crippen LogP contribution in [0.5, 0.6) is 0 Å². The average Bonchev–Trinajstić information content (AvgIpc) is 3.20. The first-order valence-corrected chi connectivity index (χ1v) is 14.1. The monoisotopic (exact) mass is 613 g/mol. The number of hydrogen-bond acceptors (Lipinski definition) is 5. The smallest absolute Gasteiger partial charge is 0.246 e. The van der Waals surface area contributed by atoms with E-state index in [0.29, 0.717) is 42.3 Å². The fourth-order valence-corrected chi connectivity index (χ4v) is 7.30. The Bertz CT molecular complexity index is 1500. The van der Waals surface area contributed by atoms with E-state index in [4.69, 9.17) is 39.8 Å². The molecule has 3 heterocycles. The van der Waals surface area contributed by atoms with E-state index in [-0.39, 0.29) is 21.0 Å². The zero-order chi connectivity index (χ0) is 24.7. The first kappa shape index (κ1) is 24.8. The molecule has 35 heavy (non-hydrogen) atoms. The molecule has 12 heteroatoms. The van der Waals surface area contributed by atoms with Gasteiger partial charge in [0.25, 0.3) is 0 Å². The van der Waals surface area contributed by atoms with Gasteiger partial charge in [-0.3, -0.25) is 0 Å². The van der Waals surface area contributed by atoms with Gasteiger partial charge in [0.2, 0.25) is 10.0 Å². The van der Waals surface area contributed by atoms with Gasteiger partial charge in [-0.2, -0.15) is 13.9 Å². The Labute approximate surface area is 226 Å². The second-order valence-electron chi connectivity index (χ2n) is 8.11. The minimum atomic E-state index is -3.81. The van der Waals surface area contributed by atoms with Crippen molar-refractivity contribution in [2.45, 2.75) is 23.8 Å². The van der Waals surface area contributed by atoms with Gasteiger partial charge in [-0.25, -0.2) is 13.4 Å². The summed E-state index contributed by atoms with van der Waals surface area (Å²) in [6.45, 7) is 0.659. The van der Waals surface area contributed by atoms with E-state index in [1.54, 1.807) is 16.8 Å². The zero-order valence-electron chi connectivity index (χ0n) is 18.1. The summed E-state index contributed by atoms with van der Waals surface area (Å²) in [6.07, 6.45) is 2.87. The summed E-state index contributed by atoms with van der Waals surface area (Å²) in [6, 6.07) is 14.1. The second kappa shape index (κ2) is 9.88.